The molecule has 0 aliphatic heterocycles. The van der Waals surface area contributed by atoms with Crippen LogP contribution in [-0.4, -0.2) is 11.6 Å². The minimum absolute atomic E-state index is 0.0984. The average molecular weight is 176 g/mol. The summed E-state index contributed by atoms with van der Waals surface area (Å²) in [4.78, 5) is 22.3. The molecule has 0 heterocycles. The number of hydrogen-bond acceptors (Lipinski definition) is 2. The van der Waals surface area contributed by atoms with Crippen LogP contribution >= 0.6 is 0 Å². The lowest BCUT2D eigenvalue weighted by Crippen LogP contribution is -2.16. The summed E-state index contributed by atoms with van der Waals surface area (Å²) >= 11 is 0. The zero-order valence-corrected chi connectivity index (χ0v) is 7.78. The van der Waals surface area contributed by atoms with E-state index in [9.17, 15) is 9.59 Å². The van der Waals surface area contributed by atoms with Gasteiger partial charge in [0, 0.05) is 0 Å². The minimum Gasteiger partial charge on any atom is -0.299 e. The van der Waals surface area contributed by atoms with Crippen molar-refractivity contribution in [2.45, 2.75) is 19.8 Å². The fourth-order valence-electron chi connectivity index (χ4n) is 1.40. The summed E-state index contributed by atoms with van der Waals surface area (Å²) in [5, 5.41) is 0. The van der Waals surface area contributed by atoms with Crippen LogP contribution in [0.3, 0.4) is 0 Å². The number of ketones is 2. The van der Waals surface area contributed by atoms with Crippen LogP contribution in [0.25, 0.3) is 0 Å². The van der Waals surface area contributed by atoms with Crippen molar-refractivity contribution in [1.29, 1.82) is 0 Å². The molecule has 2 nitrogen and oxygen atoms in total. The Labute approximate surface area is 77.6 Å². The van der Waals surface area contributed by atoms with Crippen LogP contribution in [0.5, 0.6) is 0 Å². The summed E-state index contributed by atoms with van der Waals surface area (Å²) in [7, 11) is 0. The molecule has 0 saturated heterocycles. The summed E-state index contributed by atoms with van der Waals surface area (Å²) in [6.07, 6.45) is 0. The van der Waals surface area contributed by atoms with Crippen LogP contribution in [-0.2, 0) is 9.59 Å². The molecule has 0 amide bonds. The molecule has 0 aromatic heterocycles. The number of carbonyl (C=O) groups is 2. The molecule has 0 N–H and O–H groups in total. The lowest BCUT2D eigenvalue weighted by Gasteiger charge is -2.09. The van der Waals surface area contributed by atoms with Gasteiger partial charge >= 0.3 is 0 Å². The second-order valence-corrected chi connectivity index (χ2v) is 3.06. The van der Waals surface area contributed by atoms with Crippen molar-refractivity contribution < 1.29 is 9.59 Å². The van der Waals surface area contributed by atoms with Crippen LogP contribution in [0.4, 0.5) is 0 Å². The SMILES string of the molecule is CC(=O)C(C(C)=O)c1ccccc1. The molecule has 0 saturated carbocycles. The number of carbonyl (C=O) groups excluding carboxylic acids is 2. The Morgan fingerprint density at radius 3 is 1.85 bits per heavy atom. The van der Waals surface area contributed by atoms with Gasteiger partial charge in [-0.2, -0.15) is 0 Å². The van der Waals surface area contributed by atoms with Crippen LogP contribution in [0.2, 0.25) is 0 Å². The minimum atomic E-state index is -0.582. The van der Waals surface area contributed by atoms with E-state index in [1.165, 1.54) is 13.8 Å². The smallest absolute Gasteiger partial charge is 0.144 e. The lowest BCUT2D eigenvalue weighted by molar-refractivity contribution is -0.126. The van der Waals surface area contributed by atoms with Gasteiger partial charge in [-0.25, -0.2) is 0 Å². The predicted molar refractivity (Wildman–Crippen MR) is 50.5 cm³/mol. The fourth-order valence-corrected chi connectivity index (χ4v) is 1.40. The molecular formula is C11H12O2. The topological polar surface area (TPSA) is 34.1 Å². The standard InChI is InChI=1S/C11H12O2/c1-8(12)11(9(2)13)10-6-4-3-5-7-10/h3-7,11H,1-2H3. The molecule has 1 aromatic rings. The summed E-state index contributed by atoms with van der Waals surface area (Å²) in [5.74, 6) is -0.779. The lowest BCUT2D eigenvalue weighted by atomic mass is 9.92. The monoisotopic (exact) mass is 176 g/mol. The molecular weight excluding hydrogens is 164 g/mol. The van der Waals surface area contributed by atoms with E-state index < -0.39 is 5.92 Å². The molecule has 1 rings (SSSR count). The summed E-state index contributed by atoms with van der Waals surface area (Å²) in [6.45, 7) is 2.89. The summed E-state index contributed by atoms with van der Waals surface area (Å²) in [6, 6.07) is 9.12. The van der Waals surface area contributed by atoms with Crippen LogP contribution < -0.4 is 0 Å². The summed E-state index contributed by atoms with van der Waals surface area (Å²) < 4.78 is 0. The summed E-state index contributed by atoms with van der Waals surface area (Å²) in [5.41, 5.74) is 0.780. The van der Waals surface area contributed by atoms with Crippen molar-refractivity contribution in [3.8, 4) is 0 Å². The second kappa shape index (κ2) is 3.99. The first kappa shape index (κ1) is 9.65. The van der Waals surface area contributed by atoms with Gasteiger partial charge in [0.05, 0.1) is 0 Å². The molecule has 13 heavy (non-hydrogen) atoms. The molecule has 0 atom stereocenters. The third kappa shape index (κ3) is 2.25. The molecule has 0 unspecified atom stereocenters. The Balaban J connectivity index is 3.03. The van der Waals surface area contributed by atoms with E-state index in [1.54, 1.807) is 12.1 Å². The van der Waals surface area contributed by atoms with Crippen molar-refractivity contribution in [3.63, 3.8) is 0 Å². The fraction of sp³-hybridized carbons (Fsp3) is 0.273. The maximum absolute atomic E-state index is 11.2. The van der Waals surface area contributed by atoms with E-state index in [0.29, 0.717) is 0 Å². The van der Waals surface area contributed by atoms with Crippen LogP contribution in [0.15, 0.2) is 30.3 Å². The van der Waals surface area contributed by atoms with Gasteiger partial charge in [0.25, 0.3) is 0 Å². The van der Waals surface area contributed by atoms with Gasteiger partial charge in [-0.1, -0.05) is 30.3 Å². The van der Waals surface area contributed by atoms with Gasteiger partial charge in [-0.3, -0.25) is 9.59 Å². The molecule has 2 heteroatoms. The Morgan fingerprint density at radius 1 is 1.00 bits per heavy atom. The van der Waals surface area contributed by atoms with Crippen molar-refractivity contribution in [3.05, 3.63) is 35.9 Å². The molecule has 68 valence electrons. The van der Waals surface area contributed by atoms with Crippen LogP contribution in [0.1, 0.15) is 25.3 Å². The van der Waals surface area contributed by atoms with E-state index >= 15 is 0 Å². The normalized spacial score (nSPS) is 10.1. The van der Waals surface area contributed by atoms with E-state index in [2.05, 4.69) is 0 Å². The predicted octanol–water partition coefficient (Wildman–Crippen LogP) is 1.95. The third-order valence-corrected chi connectivity index (χ3v) is 1.95. The Morgan fingerprint density at radius 2 is 1.46 bits per heavy atom. The molecule has 0 radical (unpaired) electrons. The highest BCUT2D eigenvalue weighted by molar-refractivity contribution is 6.05. The Hall–Kier alpha value is -1.44. The van der Waals surface area contributed by atoms with Crippen molar-refractivity contribution >= 4 is 11.6 Å². The highest BCUT2D eigenvalue weighted by Crippen LogP contribution is 2.17. The number of rotatable bonds is 3. The number of benzene rings is 1. The van der Waals surface area contributed by atoms with Crippen molar-refractivity contribution in [1.82, 2.24) is 0 Å². The highest BCUT2D eigenvalue weighted by Gasteiger charge is 2.20. The quantitative estimate of drug-likeness (QED) is 0.659. The zero-order chi connectivity index (χ0) is 9.84. The van der Waals surface area contributed by atoms with Gasteiger partial charge in [-0.15, -0.1) is 0 Å². The van der Waals surface area contributed by atoms with E-state index in [1.807, 2.05) is 18.2 Å². The van der Waals surface area contributed by atoms with Gasteiger partial charge in [0.1, 0.15) is 17.5 Å². The van der Waals surface area contributed by atoms with E-state index in [0.717, 1.165) is 5.56 Å². The van der Waals surface area contributed by atoms with Gasteiger partial charge in [0.15, 0.2) is 0 Å². The van der Waals surface area contributed by atoms with E-state index in [-0.39, 0.29) is 11.6 Å². The first-order chi connectivity index (χ1) is 6.13. The maximum atomic E-state index is 11.2. The average Bonchev–Trinajstić information content (AvgIpc) is 2.04. The molecule has 0 aliphatic carbocycles. The van der Waals surface area contributed by atoms with Gasteiger partial charge < -0.3 is 0 Å². The maximum Gasteiger partial charge on any atom is 0.144 e. The first-order valence-corrected chi connectivity index (χ1v) is 4.18. The Bertz CT molecular complexity index is 300. The van der Waals surface area contributed by atoms with Crippen molar-refractivity contribution in [2.75, 3.05) is 0 Å². The Kier molecular flexibility index (Phi) is 2.96. The number of Topliss-reactive ketones (excluding diaryl/α,β-unsaturated/α-hetero) is 2. The molecule has 0 bridgehead atoms. The van der Waals surface area contributed by atoms with Gasteiger partial charge in [-0.05, 0) is 19.4 Å². The zero-order valence-electron chi connectivity index (χ0n) is 7.78. The van der Waals surface area contributed by atoms with Gasteiger partial charge in [0.2, 0.25) is 0 Å². The molecule has 0 spiro atoms. The van der Waals surface area contributed by atoms with Crippen molar-refractivity contribution in [2.24, 2.45) is 0 Å². The second-order valence-electron chi connectivity index (χ2n) is 3.06. The largest absolute Gasteiger partial charge is 0.299 e. The third-order valence-electron chi connectivity index (χ3n) is 1.95. The molecule has 0 aliphatic rings. The number of hydrogen-bond donors (Lipinski definition) is 0. The van der Waals surface area contributed by atoms with Crippen LogP contribution in [0, 0.1) is 0 Å². The highest BCUT2D eigenvalue weighted by atomic mass is 16.1. The molecule has 0 fully saturated rings. The first-order valence-electron chi connectivity index (χ1n) is 4.18. The molecule has 1 aromatic carbocycles. The van der Waals surface area contributed by atoms with E-state index in [4.69, 9.17) is 0 Å².